The van der Waals surface area contributed by atoms with E-state index < -0.39 is 17.6 Å². The molecule has 2 amide bonds. The molecule has 2 aromatic carbocycles. The number of anilines is 2. The minimum Gasteiger partial charge on any atom is -0.303 e. The average Bonchev–Trinajstić information content (AvgIpc) is 2.90. The van der Waals surface area contributed by atoms with Crippen molar-refractivity contribution < 1.29 is 14.0 Å². The van der Waals surface area contributed by atoms with Crippen LogP contribution in [0.15, 0.2) is 48.5 Å². The minimum absolute atomic E-state index is 0.101. The average molecular weight is 313 g/mol. The number of hydrogen-bond acceptors (Lipinski definition) is 3. The largest absolute Gasteiger partial charge is 0.328 e. The quantitative estimate of drug-likeness (QED) is 0.661. The van der Waals surface area contributed by atoms with Crippen molar-refractivity contribution in [2.24, 2.45) is 0 Å². The summed E-state index contributed by atoms with van der Waals surface area (Å²) in [6.07, 6.45) is 0. The molecule has 0 bridgehead atoms. The van der Waals surface area contributed by atoms with Crippen LogP contribution < -0.4 is 15.8 Å². The molecule has 0 aromatic heterocycles. The van der Waals surface area contributed by atoms with E-state index in [9.17, 15) is 14.0 Å². The Labute approximate surface area is 133 Å². The zero-order valence-electron chi connectivity index (χ0n) is 12.5. The van der Waals surface area contributed by atoms with Crippen molar-refractivity contribution in [3.8, 4) is 0 Å². The number of amides is 2. The van der Waals surface area contributed by atoms with Crippen LogP contribution in [0.3, 0.4) is 0 Å². The zero-order valence-corrected chi connectivity index (χ0v) is 12.5. The van der Waals surface area contributed by atoms with E-state index >= 15 is 0 Å². The maximum absolute atomic E-state index is 13.5. The Kier molecular flexibility index (Phi) is 3.97. The summed E-state index contributed by atoms with van der Waals surface area (Å²) in [6, 6.07) is 13.4. The van der Waals surface area contributed by atoms with Gasteiger partial charge in [0.2, 0.25) is 0 Å². The zero-order chi connectivity index (χ0) is 16.4. The Morgan fingerprint density at radius 1 is 1.13 bits per heavy atom. The summed E-state index contributed by atoms with van der Waals surface area (Å²) in [7, 11) is 0. The van der Waals surface area contributed by atoms with Gasteiger partial charge in [-0.15, -0.1) is 0 Å². The molecular weight excluding hydrogens is 297 g/mol. The van der Waals surface area contributed by atoms with Gasteiger partial charge < -0.3 is 4.90 Å². The number of fused-ring (bicyclic) bond motifs is 1. The molecular formula is C17H16FN3O2. The summed E-state index contributed by atoms with van der Waals surface area (Å²) in [6.45, 7) is 2.45. The third-order valence-electron chi connectivity index (χ3n) is 3.84. The number of nitrogens with one attached hydrogen (secondary N) is 2. The molecule has 5 nitrogen and oxygen atoms in total. The number of hydrazine groups is 1. The first-order valence-electron chi connectivity index (χ1n) is 7.29. The van der Waals surface area contributed by atoms with Gasteiger partial charge in [-0.1, -0.05) is 37.3 Å². The molecule has 0 saturated heterocycles. The highest BCUT2D eigenvalue weighted by Crippen LogP contribution is 2.35. The van der Waals surface area contributed by atoms with Crippen LogP contribution in [0.25, 0.3) is 0 Å². The van der Waals surface area contributed by atoms with Crippen molar-refractivity contribution in [1.29, 1.82) is 0 Å². The van der Waals surface area contributed by atoms with E-state index in [0.29, 0.717) is 6.54 Å². The third kappa shape index (κ3) is 2.88. The van der Waals surface area contributed by atoms with Gasteiger partial charge >= 0.3 is 11.8 Å². The molecule has 2 aromatic rings. The summed E-state index contributed by atoms with van der Waals surface area (Å²) in [4.78, 5) is 25.8. The third-order valence-corrected chi connectivity index (χ3v) is 3.84. The van der Waals surface area contributed by atoms with E-state index in [-0.39, 0.29) is 11.6 Å². The Morgan fingerprint density at radius 2 is 1.83 bits per heavy atom. The summed E-state index contributed by atoms with van der Waals surface area (Å²) < 4.78 is 13.5. The molecule has 1 heterocycles. The fraction of sp³-hybridized carbons (Fsp3) is 0.176. The van der Waals surface area contributed by atoms with Crippen LogP contribution in [-0.4, -0.2) is 18.4 Å². The number of carbonyl (C=O) groups is 2. The van der Waals surface area contributed by atoms with Crippen molar-refractivity contribution >= 4 is 23.2 Å². The Hall–Kier alpha value is -2.89. The normalized spacial score (nSPS) is 15.9. The summed E-state index contributed by atoms with van der Waals surface area (Å²) in [5.74, 6) is -1.86. The second-order valence-electron chi connectivity index (χ2n) is 5.43. The lowest BCUT2D eigenvalue weighted by atomic mass is 10.0. The van der Waals surface area contributed by atoms with Crippen LogP contribution in [0, 0.1) is 5.82 Å². The molecule has 0 fully saturated rings. The van der Waals surface area contributed by atoms with Crippen LogP contribution in [0.5, 0.6) is 0 Å². The van der Waals surface area contributed by atoms with E-state index in [4.69, 9.17) is 0 Å². The van der Waals surface area contributed by atoms with Crippen molar-refractivity contribution in [3.63, 3.8) is 0 Å². The lowest BCUT2D eigenvalue weighted by Gasteiger charge is -2.17. The maximum atomic E-state index is 13.5. The van der Waals surface area contributed by atoms with Crippen molar-refractivity contribution in [2.45, 2.75) is 12.8 Å². The lowest BCUT2D eigenvalue weighted by molar-refractivity contribution is -0.137. The molecule has 3 rings (SSSR count). The SMILES string of the molecule is C[C@@H]1CN(C(=O)C(=O)NNc2ccccc2F)c2ccccc21. The van der Waals surface area contributed by atoms with E-state index in [1.54, 1.807) is 6.07 Å². The number of para-hydroxylation sites is 2. The van der Waals surface area contributed by atoms with Crippen LogP contribution in [0.4, 0.5) is 15.8 Å². The molecule has 118 valence electrons. The van der Waals surface area contributed by atoms with Crippen molar-refractivity contribution in [2.75, 3.05) is 16.9 Å². The lowest BCUT2D eigenvalue weighted by Crippen LogP contribution is -2.44. The molecule has 6 heteroatoms. The van der Waals surface area contributed by atoms with Gasteiger partial charge in [0.15, 0.2) is 0 Å². The van der Waals surface area contributed by atoms with Gasteiger partial charge in [-0.2, -0.15) is 0 Å². The van der Waals surface area contributed by atoms with Gasteiger partial charge in [0.05, 0.1) is 5.69 Å². The van der Waals surface area contributed by atoms with Gasteiger partial charge in [0.25, 0.3) is 0 Å². The molecule has 0 radical (unpaired) electrons. The van der Waals surface area contributed by atoms with E-state index in [1.807, 2.05) is 31.2 Å². The molecule has 0 aliphatic carbocycles. The summed E-state index contributed by atoms with van der Waals surface area (Å²) in [5, 5.41) is 0. The smallest absolute Gasteiger partial charge is 0.303 e. The van der Waals surface area contributed by atoms with Gasteiger partial charge in [-0.05, 0) is 23.8 Å². The molecule has 0 unspecified atom stereocenters. The van der Waals surface area contributed by atoms with E-state index in [2.05, 4.69) is 10.9 Å². The summed E-state index contributed by atoms with van der Waals surface area (Å²) >= 11 is 0. The Balaban J connectivity index is 1.69. The first kappa shape index (κ1) is 15.0. The second kappa shape index (κ2) is 6.08. The molecule has 0 spiro atoms. The highest BCUT2D eigenvalue weighted by Gasteiger charge is 2.32. The van der Waals surface area contributed by atoms with E-state index in [0.717, 1.165) is 11.3 Å². The van der Waals surface area contributed by atoms with Crippen LogP contribution in [-0.2, 0) is 9.59 Å². The first-order valence-corrected chi connectivity index (χ1v) is 7.29. The molecule has 1 aliphatic heterocycles. The predicted molar refractivity (Wildman–Crippen MR) is 85.4 cm³/mol. The number of benzene rings is 2. The topological polar surface area (TPSA) is 61.4 Å². The number of nitrogens with zero attached hydrogens (tertiary/aromatic N) is 1. The molecule has 1 atom stereocenters. The number of hydrogen-bond donors (Lipinski definition) is 2. The second-order valence-corrected chi connectivity index (χ2v) is 5.43. The molecule has 2 N–H and O–H groups in total. The first-order chi connectivity index (χ1) is 11.1. The van der Waals surface area contributed by atoms with Gasteiger partial charge in [-0.3, -0.25) is 20.4 Å². The maximum Gasteiger partial charge on any atom is 0.328 e. The van der Waals surface area contributed by atoms with Gasteiger partial charge in [0, 0.05) is 18.2 Å². The van der Waals surface area contributed by atoms with Crippen LogP contribution in [0.2, 0.25) is 0 Å². The number of carbonyl (C=O) groups excluding carboxylic acids is 2. The molecule has 1 aliphatic rings. The fourth-order valence-corrected chi connectivity index (χ4v) is 2.68. The van der Waals surface area contributed by atoms with Crippen molar-refractivity contribution in [3.05, 3.63) is 59.9 Å². The Morgan fingerprint density at radius 3 is 2.61 bits per heavy atom. The van der Waals surface area contributed by atoms with Gasteiger partial charge in [0.1, 0.15) is 5.82 Å². The predicted octanol–water partition coefficient (Wildman–Crippen LogP) is 2.42. The molecule has 0 saturated carbocycles. The van der Waals surface area contributed by atoms with Crippen molar-refractivity contribution in [1.82, 2.24) is 5.43 Å². The fourth-order valence-electron chi connectivity index (χ4n) is 2.68. The summed E-state index contributed by atoms with van der Waals surface area (Å²) in [5.41, 5.74) is 6.55. The minimum atomic E-state index is -0.836. The monoisotopic (exact) mass is 313 g/mol. The molecule has 23 heavy (non-hydrogen) atoms. The van der Waals surface area contributed by atoms with Gasteiger partial charge in [-0.25, -0.2) is 4.39 Å². The van der Waals surface area contributed by atoms with E-state index in [1.165, 1.54) is 23.1 Å². The highest BCUT2D eigenvalue weighted by atomic mass is 19.1. The highest BCUT2D eigenvalue weighted by molar-refractivity contribution is 6.40. The Bertz CT molecular complexity index is 763. The standard InChI is InChI=1S/C17H16FN3O2/c1-11-10-21(15-9-5-2-6-12(11)15)17(23)16(22)20-19-14-8-4-3-7-13(14)18/h2-9,11,19H,10H2,1H3,(H,20,22)/t11-/m1/s1. The number of halogens is 1. The van der Waals surface area contributed by atoms with Crippen LogP contribution in [0.1, 0.15) is 18.4 Å². The number of rotatable bonds is 2. The van der Waals surface area contributed by atoms with Crippen LogP contribution >= 0.6 is 0 Å².